The van der Waals surface area contributed by atoms with Gasteiger partial charge in [0.15, 0.2) is 0 Å². The monoisotopic (exact) mass is 201 g/mol. The molecule has 0 aromatic carbocycles. The van der Waals surface area contributed by atoms with E-state index in [0.29, 0.717) is 0 Å². The zero-order valence-corrected chi connectivity index (χ0v) is 9.17. The second kappa shape index (κ2) is 12.8. The summed E-state index contributed by atoms with van der Waals surface area (Å²) in [7, 11) is 0. The van der Waals surface area contributed by atoms with E-state index in [2.05, 4.69) is 10.6 Å². The molecule has 0 unspecified atom stereocenters. The Kier molecular flexibility index (Phi) is 12.7. The summed E-state index contributed by atoms with van der Waals surface area (Å²) in [5, 5.41) is 7.71. The molecule has 0 amide bonds. The number of nitrogens with zero attached hydrogens (tertiary/aromatic N) is 1. The standard InChI is InChI=1S/C10H25N4/c11-5-3-9-13-7-1-2-8-14-10-4-6-12/h13H,1-12H2. The molecule has 0 aliphatic carbocycles. The van der Waals surface area contributed by atoms with Gasteiger partial charge in [0.1, 0.15) is 0 Å². The minimum Gasteiger partial charge on any atom is -0.330 e. The summed E-state index contributed by atoms with van der Waals surface area (Å²) in [6.07, 6.45) is 4.48. The third kappa shape index (κ3) is 11.8. The first kappa shape index (κ1) is 13.8. The number of nitrogens with two attached hydrogens (primary N) is 2. The average Bonchev–Trinajstić information content (AvgIpc) is 2.21. The molecule has 4 heteroatoms. The number of nitrogens with one attached hydrogen (secondary N) is 1. The Morgan fingerprint density at radius 2 is 1.43 bits per heavy atom. The maximum atomic E-state index is 5.37. The number of hydrogen-bond acceptors (Lipinski definition) is 3. The molecule has 0 rings (SSSR count). The van der Waals surface area contributed by atoms with Crippen LogP contribution in [0, 0.1) is 0 Å². The predicted molar refractivity (Wildman–Crippen MR) is 61.3 cm³/mol. The van der Waals surface area contributed by atoms with Crippen molar-refractivity contribution in [3.05, 3.63) is 0 Å². The van der Waals surface area contributed by atoms with E-state index in [9.17, 15) is 0 Å². The lowest BCUT2D eigenvalue weighted by Crippen LogP contribution is -2.20. The Hall–Kier alpha value is -0.160. The molecular weight excluding hydrogens is 176 g/mol. The summed E-state index contributed by atoms with van der Waals surface area (Å²) in [4.78, 5) is 0. The number of rotatable bonds is 11. The smallest absolute Gasteiger partial charge is 0.0145 e. The second-order valence-corrected chi connectivity index (χ2v) is 3.41. The van der Waals surface area contributed by atoms with E-state index in [1.165, 1.54) is 12.8 Å². The molecule has 4 nitrogen and oxygen atoms in total. The summed E-state index contributed by atoms with van der Waals surface area (Å²) >= 11 is 0. The van der Waals surface area contributed by atoms with Crippen LogP contribution in [-0.2, 0) is 0 Å². The Labute approximate surface area is 87.8 Å². The Morgan fingerprint density at radius 1 is 0.786 bits per heavy atom. The van der Waals surface area contributed by atoms with E-state index in [0.717, 1.165) is 52.1 Å². The maximum Gasteiger partial charge on any atom is 0.0145 e. The molecule has 0 bridgehead atoms. The van der Waals surface area contributed by atoms with Crippen LogP contribution in [0.5, 0.6) is 0 Å². The Balaban J connectivity index is 2.78. The highest BCUT2D eigenvalue weighted by Crippen LogP contribution is 1.86. The third-order valence-corrected chi connectivity index (χ3v) is 2.00. The first-order valence-corrected chi connectivity index (χ1v) is 5.66. The molecule has 5 N–H and O–H groups in total. The quantitative estimate of drug-likeness (QED) is 0.400. The summed E-state index contributed by atoms with van der Waals surface area (Å²) < 4.78 is 0. The third-order valence-electron chi connectivity index (χ3n) is 2.00. The zero-order chi connectivity index (χ0) is 10.5. The summed E-state index contributed by atoms with van der Waals surface area (Å²) in [6.45, 7) is 5.58. The lowest BCUT2D eigenvalue weighted by molar-refractivity contribution is 0.565. The SMILES string of the molecule is NCCC[N]CCCCNCCCN. The normalized spacial score (nSPS) is 10.7. The molecule has 85 valence electrons. The minimum atomic E-state index is 0.754. The molecule has 14 heavy (non-hydrogen) atoms. The van der Waals surface area contributed by atoms with Crippen molar-refractivity contribution in [1.82, 2.24) is 10.6 Å². The van der Waals surface area contributed by atoms with Gasteiger partial charge in [-0.3, -0.25) is 0 Å². The van der Waals surface area contributed by atoms with Crippen molar-refractivity contribution in [3.8, 4) is 0 Å². The second-order valence-electron chi connectivity index (χ2n) is 3.41. The zero-order valence-electron chi connectivity index (χ0n) is 9.17. The Morgan fingerprint density at radius 3 is 2.14 bits per heavy atom. The van der Waals surface area contributed by atoms with E-state index in [1.54, 1.807) is 0 Å². The van der Waals surface area contributed by atoms with E-state index >= 15 is 0 Å². The van der Waals surface area contributed by atoms with Gasteiger partial charge in [-0.2, -0.15) is 0 Å². The lowest BCUT2D eigenvalue weighted by atomic mass is 10.3. The van der Waals surface area contributed by atoms with Crippen LogP contribution in [0.2, 0.25) is 0 Å². The lowest BCUT2D eigenvalue weighted by Gasteiger charge is -2.03. The maximum absolute atomic E-state index is 5.37. The largest absolute Gasteiger partial charge is 0.330 e. The molecule has 0 aromatic rings. The molecule has 0 saturated carbocycles. The fourth-order valence-corrected chi connectivity index (χ4v) is 1.14. The number of hydrogen-bond donors (Lipinski definition) is 3. The van der Waals surface area contributed by atoms with Gasteiger partial charge >= 0.3 is 0 Å². The van der Waals surface area contributed by atoms with Crippen molar-refractivity contribution in [2.75, 3.05) is 39.3 Å². The van der Waals surface area contributed by atoms with Crippen molar-refractivity contribution in [1.29, 1.82) is 0 Å². The van der Waals surface area contributed by atoms with Crippen LogP contribution in [0.4, 0.5) is 0 Å². The van der Waals surface area contributed by atoms with Crippen LogP contribution in [-0.4, -0.2) is 39.3 Å². The van der Waals surface area contributed by atoms with E-state index < -0.39 is 0 Å². The Bertz CT molecular complexity index is 86.1. The van der Waals surface area contributed by atoms with Gasteiger partial charge in [0.05, 0.1) is 0 Å². The van der Waals surface area contributed by atoms with Crippen molar-refractivity contribution >= 4 is 0 Å². The molecule has 0 heterocycles. The van der Waals surface area contributed by atoms with Gasteiger partial charge < -0.3 is 16.8 Å². The van der Waals surface area contributed by atoms with Gasteiger partial charge in [0.2, 0.25) is 0 Å². The van der Waals surface area contributed by atoms with Gasteiger partial charge in [0.25, 0.3) is 0 Å². The van der Waals surface area contributed by atoms with Crippen LogP contribution in [0.3, 0.4) is 0 Å². The molecule has 0 spiro atoms. The number of unbranched alkanes of at least 4 members (excludes halogenated alkanes) is 1. The molecular formula is C10H25N4. The van der Waals surface area contributed by atoms with Crippen LogP contribution in [0.15, 0.2) is 0 Å². The highest BCUT2D eigenvalue weighted by Gasteiger charge is 1.90. The summed E-state index contributed by atoms with van der Waals surface area (Å²) in [5.41, 5.74) is 10.7. The fourth-order valence-electron chi connectivity index (χ4n) is 1.14. The van der Waals surface area contributed by atoms with Gasteiger partial charge in [-0.1, -0.05) is 0 Å². The molecule has 0 atom stereocenters. The first-order chi connectivity index (χ1) is 6.91. The minimum absolute atomic E-state index is 0.754. The van der Waals surface area contributed by atoms with Crippen LogP contribution in [0.1, 0.15) is 25.7 Å². The topological polar surface area (TPSA) is 78.2 Å². The van der Waals surface area contributed by atoms with Crippen molar-refractivity contribution < 1.29 is 0 Å². The van der Waals surface area contributed by atoms with Crippen molar-refractivity contribution in [3.63, 3.8) is 0 Å². The highest BCUT2D eigenvalue weighted by molar-refractivity contribution is 4.52. The summed E-state index contributed by atoms with van der Waals surface area (Å²) in [5.74, 6) is 0. The molecule has 0 aliphatic rings. The average molecular weight is 201 g/mol. The van der Waals surface area contributed by atoms with Crippen molar-refractivity contribution in [2.45, 2.75) is 25.7 Å². The van der Waals surface area contributed by atoms with E-state index in [-0.39, 0.29) is 0 Å². The molecule has 0 fully saturated rings. The van der Waals surface area contributed by atoms with E-state index in [1.807, 2.05) is 0 Å². The molecule has 0 saturated heterocycles. The fraction of sp³-hybridized carbons (Fsp3) is 1.00. The van der Waals surface area contributed by atoms with Crippen LogP contribution >= 0.6 is 0 Å². The summed E-state index contributed by atoms with van der Waals surface area (Å²) in [6, 6.07) is 0. The molecule has 1 radical (unpaired) electrons. The van der Waals surface area contributed by atoms with Crippen LogP contribution < -0.4 is 22.1 Å². The first-order valence-electron chi connectivity index (χ1n) is 5.66. The van der Waals surface area contributed by atoms with Crippen LogP contribution in [0.25, 0.3) is 0 Å². The van der Waals surface area contributed by atoms with Gasteiger partial charge in [-0.15, -0.1) is 0 Å². The van der Waals surface area contributed by atoms with Gasteiger partial charge in [-0.05, 0) is 51.9 Å². The predicted octanol–water partition coefficient (Wildman–Crippen LogP) is -0.342. The van der Waals surface area contributed by atoms with Crippen molar-refractivity contribution in [2.24, 2.45) is 11.5 Å². The van der Waals surface area contributed by atoms with Gasteiger partial charge in [-0.25, -0.2) is 5.32 Å². The molecule has 0 aliphatic heterocycles. The molecule has 0 aromatic heterocycles. The van der Waals surface area contributed by atoms with Gasteiger partial charge in [0, 0.05) is 13.1 Å². The highest BCUT2D eigenvalue weighted by atomic mass is 14.9. The van der Waals surface area contributed by atoms with E-state index in [4.69, 9.17) is 11.5 Å².